The monoisotopic (exact) mass is 326 g/mol. The smallest absolute Gasteiger partial charge is 0.425 e. The van der Waals surface area contributed by atoms with E-state index < -0.39 is 18.1 Å². The second-order valence-corrected chi connectivity index (χ2v) is 5.53. The first-order valence-corrected chi connectivity index (χ1v) is 7.21. The Morgan fingerprint density at radius 2 is 1.91 bits per heavy atom. The fourth-order valence-electron chi connectivity index (χ4n) is 2.11. The lowest BCUT2D eigenvalue weighted by molar-refractivity contribution is -0.189. The zero-order valence-electron chi connectivity index (χ0n) is 12.3. The van der Waals surface area contributed by atoms with Gasteiger partial charge in [-0.2, -0.15) is 13.2 Å². The van der Waals surface area contributed by atoms with Crippen LogP contribution in [0.1, 0.15) is 31.4 Å². The molecular formula is C16H14F4N2O. The van der Waals surface area contributed by atoms with Gasteiger partial charge in [0.25, 0.3) is 0 Å². The molecular weight excluding hydrogens is 312 g/mol. The molecule has 0 amide bonds. The first-order chi connectivity index (χ1) is 10.8. The van der Waals surface area contributed by atoms with Crippen LogP contribution in [0.15, 0.2) is 30.5 Å². The fourth-order valence-corrected chi connectivity index (χ4v) is 2.11. The standard InChI is InChI=1S/C16H14F4N2O/c1-9(16(18,19)20)23-14-7-5-12(17)15(22-14)11-4-6-13(21-8-11)10-2-3-10/h4-10H,2-3H2,1H3/t9-/m0/s1. The second kappa shape index (κ2) is 5.79. The van der Waals surface area contributed by atoms with Gasteiger partial charge in [-0.05, 0) is 38.0 Å². The lowest BCUT2D eigenvalue weighted by Crippen LogP contribution is -2.31. The highest BCUT2D eigenvalue weighted by molar-refractivity contribution is 5.59. The molecule has 0 saturated heterocycles. The summed E-state index contributed by atoms with van der Waals surface area (Å²) in [7, 11) is 0. The lowest BCUT2D eigenvalue weighted by Gasteiger charge is -2.17. The molecule has 3 rings (SSSR count). The van der Waals surface area contributed by atoms with Gasteiger partial charge < -0.3 is 4.74 Å². The van der Waals surface area contributed by atoms with E-state index in [1.165, 1.54) is 6.20 Å². The second-order valence-electron chi connectivity index (χ2n) is 5.53. The van der Waals surface area contributed by atoms with Crippen LogP contribution in [0.25, 0.3) is 11.3 Å². The summed E-state index contributed by atoms with van der Waals surface area (Å²) in [4.78, 5) is 8.11. The minimum Gasteiger partial charge on any atom is -0.465 e. The summed E-state index contributed by atoms with van der Waals surface area (Å²) in [6.07, 6.45) is -2.86. The quantitative estimate of drug-likeness (QED) is 0.777. The maximum Gasteiger partial charge on any atom is 0.425 e. The van der Waals surface area contributed by atoms with Crippen molar-refractivity contribution in [3.63, 3.8) is 0 Å². The summed E-state index contributed by atoms with van der Waals surface area (Å²) in [6, 6.07) is 5.58. The van der Waals surface area contributed by atoms with E-state index in [2.05, 4.69) is 9.97 Å². The van der Waals surface area contributed by atoms with Crippen molar-refractivity contribution in [1.82, 2.24) is 9.97 Å². The van der Waals surface area contributed by atoms with Gasteiger partial charge >= 0.3 is 6.18 Å². The summed E-state index contributed by atoms with van der Waals surface area (Å²) in [6.45, 7) is 0.872. The number of nitrogens with zero attached hydrogens (tertiary/aromatic N) is 2. The summed E-state index contributed by atoms with van der Waals surface area (Å²) < 4.78 is 56.3. The van der Waals surface area contributed by atoms with E-state index in [1.54, 1.807) is 12.1 Å². The van der Waals surface area contributed by atoms with Crippen molar-refractivity contribution in [3.05, 3.63) is 42.0 Å². The third-order valence-corrected chi connectivity index (χ3v) is 3.63. The molecule has 3 nitrogen and oxygen atoms in total. The third kappa shape index (κ3) is 3.60. The first kappa shape index (κ1) is 15.7. The Morgan fingerprint density at radius 3 is 2.48 bits per heavy atom. The number of halogens is 4. The molecule has 1 atom stereocenters. The molecule has 2 aromatic rings. The van der Waals surface area contributed by atoms with Gasteiger partial charge in [-0.25, -0.2) is 9.37 Å². The Balaban J connectivity index is 1.85. The van der Waals surface area contributed by atoms with Crippen LogP contribution >= 0.6 is 0 Å². The van der Waals surface area contributed by atoms with Crippen molar-refractivity contribution in [2.24, 2.45) is 0 Å². The summed E-state index contributed by atoms with van der Waals surface area (Å²) >= 11 is 0. The van der Waals surface area contributed by atoms with E-state index in [1.807, 2.05) is 0 Å². The van der Waals surface area contributed by atoms with Crippen LogP contribution in [-0.2, 0) is 0 Å². The van der Waals surface area contributed by atoms with E-state index in [4.69, 9.17) is 4.74 Å². The van der Waals surface area contributed by atoms with Gasteiger partial charge in [0, 0.05) is 29.4 Å². The highest BCUT2D eigenvalue weighted by Crippen LogP contribution is 2.39. The van der Waals surface area contributed by atoms with Gasteiger partial charge in [-0.1, -0.05) is 0 Å². The highest BCUT2D eigenvalue weighted by Gasteiger charge is 2.38. The predicted octanol–water partition coefficient (Wildman–Crippen LogP) is 4.49. The van der Waals surface area contributed by atoms with Crippen molar-refractivity contribution in [1.29, 1.82) is 0 Å². The maximum absolute atomic E-state index is 13.9. The van der Waals surface area contributed by atoms with Crippen molar-refractivity contribution in [3.8, 4) is 17.1 Å². The molecule has 0 aromatic carbocycles. The maximum atomic E-state index is 13.9. The molecule has 0 aliphatic heterocycles. The van der Waals surface area contributed by atoms with E-state index in [0.29, 0.717) is 11.5 Å². The van der Waals surface area contributed by atoms with Crippen LogP contribution in [0.3, 0.4) is 0 Å². The first-order valence-electron chi connectivity index (χ1n) is 7.21. The van der Waals surface area contributed by atoms with Crippen LogP contribution in [0.5, 0.6) is 5.88 Å². The molecule has 23 heavy (non-hydrogen) atoms. The van der Waals surface area contributed by atoms with Gasteiger partial charge in [0.1, 0.15) is 11.5 Å². The molecule has 7 heteroatoms. The Labute approximate surface area is 130 Å². The molecule has 1 aliphatic rings. The zero-order valence-corrected chi connectivity index (χ0v) is 12.3. The minimum atomic E-state index is -4.51. The molecule has 2 heterocycles. The number of pyridine rings is 2. The highest BCUT2D eigenvalue weighted by atomic mass is 19.4. The largest absolute Gasteiger partial charge is 0.465 e. The molecule has 122 valence electrons. The topological polar surface area (TPSA) is 35.0 Å². The molecule has 0 unspecified atom stereocenters. The summed E-state index contributed by atoms with van der Waals surface area (Å²) in [5.41, 5.74) is 1.26. The van der Waals surface area contributed by atoms with Gasteiger partial charge in [-0.15, -0.1) is 0 Å². The number of hydrogen-bond acceptors (Lipinski definition) is 3. The Hall–Kier alpha value is -2.18. The average molecular weight is 326 g/mol. The Kier molecular flexibility index (Phi) is 3.95. The molecule has 0 bridgehead atoms. The van der Waals surface area contributed by atoms with Crippen LogP contribution in [0.4, 0.5) is 17.6 Å². The van der Waals surface area contributed by atoms with E-state index in [9.17, 15) is 17.6 Å². The summed E-state index contributed by atoms with van der Waals surface area (Å²) in [5.74, 6) is -0.459. The van der Waals surface area contributed by atoms with Gasteiger partial charge in [0.05, 0.1) is 0 Å². The van der Waals surface area contributed by atoms with Crippen molar-refractivity contribution in [2.45, 2.75) is 38.0 Å². The van der Waals surface area contributed by atoms with Gasteiger partial charge in [0.15, 0.2) is 6.10 Å². The minimum absolute atomic E-state index is 0.0771. The molecule has 2 aromatic heterocycles. The average Bonchev–Trinajstić information content (AvgIpc) is 3.33. The van der Waals surface area contributed by atoms with E-state index in [-0.39, 0.29) is 11.6 Å². The predicted molar refractivity (Wildman–Crippen MR) is 75.5 cm³/mol. The molecule has 1 saturated carbocycles. The van der Waals surface area contributed by atoms with Crippen LogP contribution in [0.2, 0.25) is 0 Å². The fraction of sp³-hybridized carbons (Fsp3) is 0.375. The number of rotatable bonds is 4. The van der Waals surface area contributed by atoms with Crippen molar-refractivity contribution in [2.75, 3.05) is 0 Å². The van der Waals surface area contributed by atoms with E-state index in [0.717, 1.165) is 37.6 Å². The van der Waals surface area contributed by atoms with Gasteiger partial charge in [0.2, 0.25) is 5.88 Å². The number of alkyl halides is 3. The van der Waals surface area contributed by atoms with Gasteiger partial charge in [-0.3, -0.25) is 4.98 Å². The lowest BCUT2D eigenvalue weighted by atomic mass is 10.1. The van der Waals surface area contributed by atoms with Crippen molar-refractivity contribution < 1.29 is 22.3 Å². The van der Waals surface area contributed by atoms with E-state index >= 15 is 0 Å². The number of aromatic nitrogens is 2. The zero-order chi connectivity index (χ0) is 16.6. The third-order valence-electron chi connectivity index (χ3n) is 3.63. The van der Waals surface area contributed by atoms with Crippen LogP contribution in [-0.4, -0.2) is 22.2 Å². The molecule has 1 aliphatic carbocycles. The van der Waals surface area contributed by atoms with Crippen LogP contribution in [0, 0.1) is 5.82 Å². The molecule has 0 radical (unpaired) electrons. The Bertz CT molecular complexity index is 696. The molecule has 1 fully saturated rings. The number of hydrogen-bond donors (Lipinski definition) is 0. The molecule has 0 spiro atoms. The SMILES string of the molecule is C[C@H](Oc1ccc(F)c(-c2ccc(C3CC3)nc2)n1)C(F)(F)F. The number of ether oxygens (including phenoxy) is 1. The Morgan fingerprint density at radius 1 is 1.17 bits per heavy atom. The van der Waals surface area contributed by atoms with Crippen LogP contribution < -0.4 is 4.74 Å². The normalized spacial score (nSPS) is 16.2. The summed E-state index contributed by atoms with van der Waals surface area (Å²) in [5, 5.41) is 0. The van der Waals surface area contributed by atoms with Crippen molar-refractivity contribution >= 4 is 0 Å². The molecule has 0 N–H and O–H groups in total.